The fraction of sp³-hybridized carbons (Fsp3) is 0.222. The molecule has 1 aromatic heterocycles. The summed E-state index contributed by atoms with van der Waals surface area (Å²) < 4.78 is 30.5. The molecule has 0 radical (unpaired) electrons. The zero-order valence-electron chi connectivity index (χ0n) is 14.6. The van der Waals surface area contributed by atoms with Gasteiger partial charge in [0, 0.05) is 6.26 Å². The number of carbonyl (C=O) groups excluding carboxylic acids is 1. The predicted molar refractivity (Wildman–Crippen MR) is 101 cm³/mol. The number of nitrogens with one attached hydrogen (secondary N) is 1. The minimum atomic E-state index is -3.52. The monoisotopic (exact) mass is 373 g/mol. The molecule has 0 spiro atoms. The zero-order chi connectivity index (χ0) is 18.9. The van der Waals surface area contributed by atoms with Crippen molar-refractivity contribution in [2.45, 2.75) is 12.2 Å². The van der Waals surface area contributed by atoms with E-state index >= 15 is 0 Å². The summed E-state index contributed by atoms with van der Waals surface area (Å²) in [6.45, 7) is 1.35. The molecule has 7 nitrogen and oxygen atoms in total. The van der Waals surface area contributed by atoms with Gasteiger partial charge in [0.2, 0.25) is 11.9 Å². The summed E-state index contributed by atoms with van der Waals surface area (Å²) in [4.78, 5) is 16.8. The summed E-state index contributed by atoms with van der Waals surface area (Å²) in [5.41, 5.74) is 2.12. The first kappa shape index (κ1) is 17.9. The molecule has 136 valence electrons. The Kier molecular flexibility index (Phi) is 4.69. The number of anilines is 1. The van der Waals surface area contributed by atoms with Gasteiger partial charge in [-0.15, -0.1) is 0 Å². The smallest absolute Gasteiger partial charge is 0.244 e. The summed E-state index contributed by atoms with van der Waals surface area (Å²) in [5, 5.41) is 1.45. The van der Waals surface area contributed by atoms with Gasteiger partial charge >= 0.3 is 0 Å². The number of hydrogen-bond donors (Lipinski definition) is 1. The summed E-state index contributed by atoms with van der Waals surface area (Å²) in [6, 6.07) is 14.7. The number of benzene rings is 2. The SMILES string of the molecule is COc1ccccc1-n1c(NC(=O)[C@H](C)S(C)(=O)=O)nc2ccccc21. The van der Waals surface area contributed by atoms with Crippen molar-refractivity contribution in [3.05, 3.63) is 48.5 Å². The largest absolute Gasteiger partial charge is 0.495 e. The molecular formula is C18H19N3O4S. The molecular weight excluding hydrogens is 354 g/mol. The highest BCUT2D eigenvalue weighted by atomic mass is 32.2. The van der Waals surface area contributed by atoms with E-state index in [0.29, 0.717) is 17.0 Å². The van der Waals surface area contributed by atoms with E-state index in [1.807, 2.05) is 42.5 Å². The molecule has 1 N–H and O–H groups in total. The van der Waals surface area contributed by atoms with Gasteiger partial charge in [-0.1, -0.05) is 24.3 Å². The maximum absolute atomic E-state index is 12.4. The Balaban J connectivity index is 2.16. The van der Waals surface area contributed by atoms with Gasteiger partial charge in [-0.3, -0.25) is 14.7 Å². The van der Waals surface area contributed by atoms with Crippen LogP contribution in [0.1, 0.15) is 6.92 Å². The number of sulfone groups is 1. The number of nitrogens with zero attached hydrogens (tertiary/aromatic N) is 2. The number of para-hydroxylation sites is 4. The molecule has 0 bridgehead atoms. The number of ether oxygens (including phenoxy) is 1. The Bertz CT molecular complexity index is 1070. The summed E-state index contributed by atoms with van der Waals surface area (Å²) in [6.07, 6.45) is 1.03. The molecule has 3 aromatic rings. The third kappa shape index (κ3) is 3.28. The van der Waals surface area contributed by atoms with Gasteiger partial charge in [0.1, 0.15) is 11.0 Å². The number of imidazole rings is 1. The van der Waals surface area contributed by atoms with Crippen molar-refractivity contribution in [2.24, 2.45) is 0 Å². The van der Waals surface area contributed by atoms with Crippen LogP contribution in [0.2, 0.25) is 0 Å². The third-order valence-electron chi connectivity index (χ3n) is 4.13. The topological polar surface area (TPSA) is 90.3 Å². The van der Waals surface area contributed by atoms with E-state index in [0.717, 1.165) is 11.8 Å². The first-order valence-corrected chi connectivity index (χ1v) is 9.89. The molecule has 0 saturated carbocycles. The van der Waals surface area contributed by atoms with Crippen LogP contribution in [-0.2, 0) is 14.6 Å². The van der Waals surface area contributed by atoms with Crippen LogP contribution in [0, 0.1) is 0 Å². The van der Waals surface area contributed by atoms with Crippen LogP contribution < -0.4 is 10.1 Å². The van der Waals surface area contributed by atoms with Crippen molar-refractivity contribution < 1.29 is 17.9 Å². The Hall–Kier alpha value is -2.87. The highest BCUT2D eigenvalue weighted by Gasteiger charge is 2.26. The van der Waals surface area contributed by atoms with Crippen LogP contribution in [0.25, 0.3) is 16.7 Å². The summed E-state index contributed by atoms with van der Waals surface area (Å²) in [5.74, 6) is 0.192. The number of hydrogen-bond acceptors (Lipinski definition) is 5. The average molecular weight is 373 g/mol. The van der Waals surface area contributed by atoms with Gasteiger partial charge in [-0.05, 0) is 31.2 Å². The van der Waals surface area contributed by atoms with Crippen LogP contribution in [0.4, 0.5) is 5.95 Å². The number of carbonyl (C=O) groups is 1. The van der Waals surface area contributed by atoms with Crippen LogP contribution >= 0.6 is 0 Å². The second kappa shape index (κ2) is 6.80. The van der Waals surface area contributed by atoms with Gasteiger partial charge in [0.05, 0.1) is 23.8 Å². The highest BCUT2D eigenvalue weighted by Crippen LogP contribution is 2.30. The highest BCUT2D eigenvalue weighted by molar-refractivity contribution is 7.92. The maximum Gasteiger partial charge on any atom is 0.244 e. The van der Waals surface area contributed by atoms with Gasteiger partial charge < -0.3 is 4.74 Å². The lowest BCUT2D eigenvalue weighted by molar-refractivity contribution is -0.115. The summed E-state index contributed by atoms with van der Waals surface area (Å²) in [7, 11) is -1.96. The molecule has 0 fully saturated rings. The van der Waals surface area contributed by atoms with E-state index in [4.69, 9.17) is 4.74 Å². The number of methoxy groups -OCH3 is 1. The number of fused-ring (bicyclic) bond motifs is 1. The fourth-order valence-electron chi connectivity index (χ4n) is 2.57. The molecule has 8 heteroatoms. The first-order valence-electron chi connectivity index (χ1n) is 7.93. The van der Waals surface area contributed by atoms with Crippen molar-refractivity contribution in [2.75, 3.05) is 18.7 Å². The maximum atomic E-state index is 12.4. The molecule has 0 saturated heterocycles. The molecule has 1 atom stereocenters. The minimum absolute atomic E-state index is 0.233. The van der Waals surface area contributed by atoms with Crippen LogP contribution in [-0.4, -0.2) is 42.5 Å². The van der Waals surface area contributed by atoms with Crippen LogP contribution in [0.15, 0.2) is 48.5 Å². The van der Waals surface area contributed by atoms with E-state index in [2.05, 4.69) is 10.3 Å². The van der Waals surface area contributed by atoms with E-state index in [1.54, 1.807) is 17.7 Å². The van der Waals surface area contributed by atoms with Crippen molar-refractivity contribution in [1.29, 1.82) is 0 Å². The second-order valence-corrected chi connectivity index (χ2v) is 8.26. The van der Waals surface area contributed by atoms with Gasteiger partial charge in [0.25, 0.3) is 0 Å². The molecule has 26 heavy (non-hydrogen) atoms. The average Bonchev–Trinajstić information content (AvgIpc) is 2.97. The standard InChI is InChI=1S/C18H19N3O4S/c1-12(26(3,23)24)17(22)20-18-19-13-8-4-5-9-14(13)21(18)15-10-6-7-11-16(15)25-2/h4-12H,1-3H3,(H,19,20,22)/t12-/m0/s1. The van der Waals surface area contributed by atoms with Crippen LogP contribution in [0.3, 0.4) is 0 Å². The quantitative estimate of drug-likeness (QED) is 0.742. The van der Waals surface area contributed by atoms with Gasteiger partial charge in [-0.2, -0.15) is 0 Å². The molecule has 0 unspecified atom stereocenters. The van der Waals surface area contributed by atoms with E-state index in [9.17, 15) is 13.2 Å². The second-order valence-electron chi connectivity index (χ2n) is 5.89. The Morgan fingerprint density at radius 3 is 2.50 bits per heavy atom. The predicted octanol–water partition coefficient (Wildman–Crippen LogP) is 2.41. The summed E-state index contributed by atoms with van der Waals surface area (Å²) >= 11 is 0. The lowest BCUT2D eigenvalue weighted by Gasteiger charge is -2.15. The number of amides is 1. The van der Waals surface area contributed by atoms with Crippen molar-refractivity contribution in [3.63, 3.8) is 0 Å². The first-order chi connectivity index (χ1) is 12.3. The Morgan fingerprint density at radius 1 is 1.15 bits per heavy atom. The van der Waals surface area contributed by atoms with E-state index < -0.39 is 21.0 Å². The number of rotatable bonds is 5. The lowest BCUT2D eigenvalue weighted by Crippen LogP contribution is -2.32. The van der Waals surface area contributed by atoms with Crippen molar-refractivity contribution in [3.8, 4) is 11.4 Å². The molecule has 0 aliphatic rings. The lowest BCUT2D eigenvalue weighted by atomic mass is 10.2. The zero-order valence-corrected chi connectivity index (χ0v) is 15.4. The molecule has 1 heterocycles. The van der Waals surface area contributed by atoms with Crippen molar-refractivity contribution >= 4 is 32.7 Å². The van der Waals surface area contributed by atoms with E-state index in [1.165, 1.54) is 6.92 Å². The molecule has 2 aromatic carbocycles. The third-order valence-corrected chi connectivity index (χ3v) is 5.63. The van der Waals surface area contributed by atoms with Gasteiger partial charge in [-0.25, -0.2) is 13.4 Å². The minimum Gasteiger partial charge on any atom is -0.495 e. The molecule has 0 aliphatic carbocycles. The number of aromatic nitrogens is 2. The van der Waals surface area contributed by atoms with Crippen molar-refractivity contribution in [1.82, 2.24) is 9.55 Å². The molecule has 3 rings (SSSR count). The van der Waals surface area contributed by atoms with Crippen LogP contribution in [0.5, 0.6) is 5.75 Å². The van der Waals surface area contributed by atoms with E-state index in [-0.39, 0.29) is 5.95 Å². The normalized spacial score (nSPS) is 12.7. The van der Waals surface area contributed by atoms with Gasteiger partial charge in [0.15, 0.2) is 9.84 Å². The molecule has 0 aliphatic heterocycles. The molecule has 1 amide bonds. The fourth-order valence-corrected chi connectivity index (χ4v) is 3.02. The Morgan fingerprint density at radius 2 is 1.81 bits per heavy atom. The Labute approximate surface area is 151 Å².